The van der Waals surface area contributed by atoms with Crippen LogP contribution in [0.1, 0.15) is 44.4 Å². The minimum atomic E-state index is -4.24. The van der Waals surface area contributed by atoms with Crippen LogP contribution in [0.15, 0.2) is 41.8 Å². The number of phosphoric acid groups is 1. The van der Waals surface area contributed by atoms with Gasteiger partial charge in [-0.1, -0.05) is 68.3 Å². The van der Waals surface area contributed by atoms with Crippen molar-refractivity contribution in [1.29, 1.82) is 0 Å². The number of unbranched alkanes of at least 4 members (excludes halogenated alkanes) is 3. The van der Waals surface area contributed by atoms with Crippen LogP contribution in [-0.4, -0.2) is 61.0 Å². The Hall–Kier alpha value is -2.05. The molecule has 5 rings (SSSR count). The van der Waals surface area contributed by atoms with Gasteiger partial charge in [0.15, 0.2) is 28.4 Å². The van der Waals surface area contributed by atoms with Crippen molar-refractivity contribution in [3.8, 4) is 0 Å². The first-order valence-corrected chi connectivity index (χ1v) is 14.6. The van der Waals surface area contributed by atoms with Crippen molar-refractivity contribution in [3.63, 3.8) is 0 Å². The second-order valence-electron chi connectivity index (χ2n) is 8.81. The molecule has 3 aromatic rings. The molecule has 2 aromatic heterocycles. The lowest BCUT2D eigenvalue weighted by Gasteiger charge is -2.27. The summed E-state index contributed by atoms with van der Waals surface area (Å²) in [5.74, 6) is 1.25. The maximum Gasteiger partial charge on any atom is 0.472 e. The molecule has 2 aliphatic rings. The molecule has 4 heterocycles. The number of aliphatic hydroxyl groups excluding tert-OH is 1. The van der Waals surface area contributed by atoms with E-state index >= 15 is 0 Å². The molecule has 5 atom stereocenters. The summed E-state index contributed by atoms with van der Waals surface area (Å²) in [6, 6.07) is 9.98. The number of ether oxygens (including phenoxy) is 1. The van der Waals surface area contributed by atoms with E-state index in [2.05, 4.69) is 22.2 Å². The minimum Gasteiger partial charge on any atom is -0.386 e. The minimum absolute atomic E-state index is 0.162. The number of aromatic nitrogens is 4. The van der Waals surface area contributed by atoms with Crippen molar-refractivity contribution in [3.05, 3.63) is 42.2 Å². The highest BCUT2D eigenvalue weighted by Gasteiger charge is 2.53. The number of phosphoric ester groups is 1. The maximum absolute atomic E-state index is 12.0. The van der Waals surface area contributed by atoms with Gasteiger partial charge in [0.1, 0.15) is 24.6 Å². The molecule has 0 radical (unpaired) electrons. The smallest absolute Gasteiger partial charge is 0.386 e. The molecular weight excluding hydrogens is 505 g/mol. The first-order chi connectivity index (χ1) is 17.5. The van der Waals surface area contributed by atoms with E-state index in [-0.39, 0.29) is 6.61 Å². The number of imidazole rings is 1. The van der Waals surface area contributed by atoms with Crippen LogP contribution in [0.4, 0.5) is 5.82 Å². The zero-order chi connectivity index (χ0) is 25.1. The van der Waals surface area contributed by atoms with Gasteiger partial charge in [0.25, 0.3) is 0 Å². The third-order valence-corrected chi connectivity index (χ3v) is 8.21. The van der Waals surface area contributed by atoms with Gasteiger partial charge in [-0.15, -0.1) is 0 Å². The summed E-state index contributed by atoms with van der Waals surface area (Å²) in [6.07, 6.45) is 2.07. The topological polar surface area (TPSA) is 141 Å². The quantitative estimate of drug-likeness (QED) is 0.198. The Balaban J connectivity index is 1.47. The summed E-state index contributed by atoms with van der Waals surface area (Å²) in [5, 5.41) is 15.0. The Labute approximate surface area is 213 Å². The molecule has 11 nitrogen and oxygen atoms in total. The Morgan fingerprint density at radius 2 is 2.06 bits per heavy atom. The first kappa shape index (κ1) is 25.6. The highest BCUT2D eigenvalue weighted by atomic mass is 32.2. The zero-order valence-corrected chi connectivity index (χ0v) is 21.6. The Morgan fingerprint density at radius 1 is 1.22 bits per heavy atom. The van der Waals surface area contributed by atoms with Gasteiger partial charge in [0.05, 0.1) is 6.61 Å². The van der Waals surface area contributed by atoms with Crippen molar-refractivity contribution in [2.45, 2.75) is 68.1 Å². The van der Waals surface area contributed by atoms with Crippen molar-refractivity contribution >= 4 is 36.6 Å². The van der Waals surface area contributed by atoms with Crippen LogP contribution >= 0.6 is 19.6 Å². The van der Waals surface area contributed by atoms with Crippen LogP contribution < -0.4 is 5.32 Å². The average Bonchev–Trinajstić information content (AvgIpc) is 3.40. The van der Waals surface area contributed by atoms with Gasteiger partial charge in [-0.3, -0.25) is 13.6 Å². The molecular formula is C23H30N5O6PS. The average molecular weight is 536 g/mol. The van der Waals surface area contributed by atoms with E-state index in [0.717, 1.165) is 31.4 Å². The molecule has 13 heteroatoms. The predicted molar refractivity (Wildman–Crippen MR) is 135 cm³/mol. The molecule has 2 saturated heterocycles. The molecule has 3 N–H and O–H groups in total. The van der Waals surface area contributed by atoms with E-state index in [0.29, 0.717) is 27.9 Å². The van der Waals surface area contributed by atoms with E-state index in [4.69, 9.17) is 18.8 Å². The number of rotatable bonds is 10. The van der Waals surface area contributed by atoms with Gasteiger partial charge in [0, 0.05) is 12.3 Å². The molecule has 36 heavy (non-hydrogen) atoms. The van der Waals surface area contributed by atoms with Gasteiger partial charge < -0.3 is 20.1 Å². The number of fused-ring (bicyclic) bond motifs is 2. The van der Waals surface area contributed by atoms with Crippen LogP contribution in [0.25, 0.3) is 11.2 Å². The molecule has 0 spiro atoms. The molecule has 2 fully saturated rings. The van der Waals surface area contributed by atoms with Crippen LogP contribution in [0.2, 0.25) is 0 Å². The summed E-state index contributed by atoms with van der Waals surface area (Å²) in [5.41, 5.74) is 2.17. The number of benzene rings is 1. The zero-order valence-electron chi connectivity index (χ0n) is 19.9. The normalized spacial score (nSPS) is 27.9. The fourth-order valence-corrected chi connectivity index (χ4v) is 6.32. The van der Waals surface area contributed by atoms with Crippen molar-refractivity contribution in [2.75, 3.05) is 18.5 Å². The third-order valence-electron chi connectivity index (χ3n) is 6.20. The summed E-state index contributed by atoms with van der Waals surface area (Å²) in [6.45, 7) is 2.77. The maximum atomic E-state index is 12.0. The monoisotopic (exact) mass is 535 g/mol. The van der Waals surface area contributed by atoms with E-state index < -0.39 is 32.4 Å². The van der Waals surface area contributed by atoms with Gasteiger partial charge in [-0.25, -0.2) is 19.5 Å². The second-order valence-corrected chi connectivity index (χ2v) is 11.2. The van der Waals surface area contributed by atoms with Crippen molar-refractivity contribution in [2.24, 2.45) is 0 Å². The Morgan fingerprint density at radius 3 is 2.86 bits per heavy atom. The van der Waals surface area contributed by atoms with Gasteiger partial charge in [-0.2, -0.15) is 0 Å². The van der Waals surface area contributed by atoms with Crippen LogP contribution in [0.3, 0.4) is 0 Å². The van der Waals surface area contributed by atoms with Crippen molar-refractivity contribution < 1.29 is 28.3 Å². The van der Waals surface area contributed by atoms with Crippen LogP contribution in [0.5, 0.6) is 0 Å². The largest absolute Gasteiger partial charge is 0.472 e. The number of thioether (sulfide) groups is 1. The highest BCUT2D eigenvalue weighted by Crippen LogP contribution is 2.53. The lowest BCUT2D eigenvalue weighted by atomic mass is 10.1. The first-order valence-electron chi connectivity index (χ1n) is 12.1. The number of nitrogens with zero attached hydrogens (tertiary/aromatic N) is 4. The highest BCUT2D eigenvalue weighted by molar-refractivity contribution is 7.98. The van der Waals surface area contributed by atoms with E-state index in [1.165, 1.54) is 24.5 Å². The molecule has 0 saturated carbocycles. The van der Waals surface area contributed by atoms with E-state index in [1.807, 2.05) is 30.3 Å². The van der Waals surface area contributed by atoms with Gasteiger partial charge >= 0.3 is 7.82 Å². The Kier molecular flexibility index (Phi) is 7.92. The second kappa shape index (κ2) is 11.1. The summed E-state index contributed by atoms with van der Waals surface area (Å²) in [7, 11) is -4.24. The van der Waals surface area contributed by atoms with Gasteiger partial charge in [-0.05, 0) is 12.0 Å². The number of anilines is 1. The van der Waals surface area contributed by atoms with Crippen LogP contribution in [-0.2, 0) is 24.1 Å². The predicted octanol–water partition coefficient (Wildman–Crippen LogP) is 3.88. The number of hydrogen-bond donors (Lipinski definition) is 3. The fourth-order valence-electron chi connectivity index (χ4n) is 4.38. The lowest BCUT2D eigenvalue weighted by Crippen LogP contribution is -2.39. The molecule has 0 amide bonds. The number of hydrogen-bond acceptors (Lipinski definition) is 10. The van der Waals surface area contributed by atoms with E-state index in [9.17, 15) is 14.6 Å². The van der Waals surface area contributed by atoms with Crippen LogP contribution in [0, 0.1) is 0 Å². The summed E-state index contributed by atoms with van der Waals surface area (Å²) >= 11 is 1.48. The fraction of sp³-hybridized carbons (Fsp3) is 0.522. The van der Waals surface area contributed by atoms with Crippen molar-refractivity contribution in [1.82, 2.24) is 19.5 Å². The lowest BCUT2D eigenvalue weighted by molar-refractivity contribution is -0.0684. The van der Waals surface area contributed by atoms with E-state index in [1.54, 1.807) is 4.57 Å². The molecule has 1 unspecified atom stereocenters. The number of nitrogens with one attached hydrogen (secondary N) is 1. The number of aliphatic hydroxyl groups is 1. The molecule has 0 aliphatic carbocycles. The van der Waals surface area contributed by atoms with Gasteiger partial charge in [0.2, 0.25) is 0 Å². The third kappa shape index (κ3) is 5.45. The summed E-state index contributed by atoms with van der Waals surface area (Å²) in [4.78, 5) is 23.5. The molecule has 0 bridgehead atoms. The Bertz CT molecular complexity index is 1230. The standard InChI is InChI=1S/C23H30N5O6PS/c1-2-3-4-8-11-24-20-17-21(26-14-25-20)28(23(27-17)36-13-15-9-6-5-7-10-15)22-18(29)19-16(33-22)12-32-35(30,31)34-19/h5-7,9-10,14,16,18-19,22,29H,2-4,8,11-13H2,1H3,(H,30,31)(H,24,25,26)/t16-,18-,19-,22-/m1/s1. The molecule has 1 aromatic carbocycles. The molecule has 2 aliphatic heterocycles. The summed E-state index contributed by atoms with van der Waals surface area (Å²) < 4.78 is 29.8. The molecule has 194 valence electrons. The SMILES string of the molecule is CCCCCCNc1ncnc2c1nc(SCc1ccccc1)n2[C@@H]1O[C@@H]2COP(=O)(O)O[C@H]2[C@H]1O.